The quantitative estimate of drug-likeness (QED) is 0.918. The van der Waals surface area contributed by atoms with Crippen molar-refractivity contribution in [2.24, 2.45) is 0 Å². The smallest absolute Gasteiger partial charge is 0.387 e. The summed E-state index contributed by atoms with van der Waals surface area (Å²) in [7, 11) is 0. The number of benzene rings is 1. The standard InChI is InChI=1S/C10H10BrF2O2/c1-6(5-14)7-2-3-9(8(11)4-7)15-10(12)13/h2-4,10,14H,5H2,1H3. The highest BCUT2D eigenvalue weighted by Crippen LogP contribution is 2.29. The van der Waals surface area contributed by atoms with Crippen molar-refractivity contribution in [2.75, 3.05) is 6.61 Å². The van der Waals surface area contributed by atoms with Crippen LogP contribution in [0.2, 0.25) is 0 Å². The lowest BCUT2D eigenvalue weighted by Crippen LogP contribution is -2.04. The first-order valence-corrected chi connectivity index (χ1v) is 5.02. The first kappa shape index (κ1) is 12.4. The molecule has 0 aliphatic heterocycles. The molecule has 0 fully saturated rings. The van der Waals surface area contributed by atoms with Crippen LogP contribution in [-0.4, -0.2) is 18.3 Å². The molecule has 1 N–H and O–H groups in total. The zero-order valence-electron chi connectivity index (χ0n) is 8.01. The van der Waals surface area contributed by atoms with Gasteiger partial charge in [0.25, 0.3) is 0 Å². The fraction of sp³-hybridized carbons (Fsp3) is 0.300. The van der Waals surface area contributed by atoms with Crippen LogP contribution >= 0.6 is 15.9 Å². The van der Waals surface area contributed by atoms with Crippen LogP contribution in [0.25, 0.3) is 0 Å². The molecule has 1 aromatic carbocycles. The SMILES string of the molecule is C[C](CO)c1ccc(OC(F)F)c(Br)c1. The summed E-state index contributed by atoms with van der Waals surface area (Å²) in [5.74, 6) is 0.846. The molecule has 0 bridgehead atoms. The van der Waals surface area contributed by atoms with Gasteiger partial charge >= 0.3 is 6.61 Å². The van der Waals surface area contributed by atoms with E-state index in [2.05, 4.69) is 20.7 Å². The van der Waals surface area contributed by atoms with Gasteiger partial charge in [-0.1, -0.05) is 13.0 Å². The van der Waals surface area contributed by atoms with Gasteiger partial charge in [-0.25, -0.2) is 0 Å². The van der Waals surface area contributed by atoms with Crippen molar-refractivity contribution in [3.63, 3.8) is 0 Å². The van der Waals surface area contributed by atoms with Crippen LogP contribution in [0.5, 0.6) is 5.75 Å². The second-order valence-corrected chi connectivity index (χ2v) is 3.82. The van der Waals surface area contributed by atoms with Gasteiger partial charge in [0.1, 0.15) is 5.75 Å². The highest BCUT2D eigenvalue weighted by Gasteiger charge is 2.11. The number of rotatable bonds is 4. The van der Waals surface area contributed by atoms with Gasteiger partial charge in [0, 0.05) is 5.92 Å². The fourth-order valence-corrected chi connectivity index (χ4v) is 1.52. The molecule has 0 amide bonds. The van der Waals surface area contributed by atoms with Crippen LogP contribution in [0.1, 0.15) is 12.5 Å². The minimum absolute atomic E-state index is 0.0680. The molecule has 1 radical (unpaired) electrons. The lowest BCUT2D eigenvalue weighted by atomic mass is 10.0. The fourth-order valence-electron chi connectivity index (χ4n) is 1.05. The Bertz CT molecular complexity index is 331. The van der Waals surface area contributed by atoms with E-state index in [4.69, 9.17) is 5.11 Å². The van der Waals surface area contributed by atoms with Crippen molar-refractivity contribution in [2.45, 2.75) is 13.5 Å². The van der Waals surface area contributed by atoms with Crippen molar-refractivity contribution in [1.82, 2.24) is 0 Å². The van der Waals surface area contributed by atoms with Crippen LogP contribution in [-0.2, 0) is 0 Å². The lowest BCUT2D eigenvalue weighted by molar-refractivity contribution is -0.0503. The van der Waals surface area contributed by atoms with Crippen molar-refractivity contribution in [3.05, 3.63) is 34.2 Å². The summed E-state index contributed by atoms with van der Waals surface area (Å²) in [5.41, 5.74) is 0.783. The molecule has 0 heterocycles. The number of hydrogen-bond donors (Lipinski definition) is 1. The van der Waals surface area contributed by atoms with Crippen LogP contribution in [0.3, 0.4) is 0 Å². The number of ether oxygens (including phenoxy) is 1. The normalized spacial score (nSPS) is 11.1. The molecule has 1 rings (SSSR count). The van der Waals surface area contributed by atoms with Crippen LogP contribution in [0, 0.1) is 5.92 Å². The van der Waals surface area contributed by atoms with Crippen molar-refractivity contribution in [3.8, 4) is 5.75 Å². The molecule has 0 aliphatic carbocycles. The Morgan fingerprint density at radius 3 is 2.67 bits per heavy atom. The Labute approximate surface area is 95.0 Å². The Morgan fingerprint density at radius 2 is 2.20 bits per heavy atom. The predicted molar refractivity (Wildman–Crippen MR) is 55.9 cm³/mol. The Morgan fingerprint density at radius 1 is 1.53 bits per heavy atom. The molecule has 5 heteroatoms. The van der Waals surface area contributed by atoms with E-state index in [1.807, 2.05) is 0 Å². The number of aliphatic hydroxyl groups excluding tert-OH is 1. The molecule has 2 nitrogen and oxygen atoms in total. The largest absolute Gasteiger partial charge is 0.434 e. The Kier molecular flexibility index (Phi) is 4.47. The van der Waals surface area contributed by atoms with Crippen molar-refractivity contribution >= 4 is 15.9 Å². The number of aliphatic hydroxyl groups is 1. The maximum Gasteiger partial charge on any atom is 0.387 e. The number of halogens is 3. The summed E-state index contributed by atoms with van der Waals surface area (Å²) >= 11 is 3.12. The minimum atomic E-state index is -2.84. The molecule has 0 spiro atoms. The molecule has 0 aliphatic rings. The van der Waals surface area contributed by atoms with Crippen molar-refractivity contribution < 1.29 is 18.6 Å². The van der Waals surface area contributed by atoms with Gasteiger partial charge in [-0.3, -0.25) is 0 Å². The minimum Gasteiger partial charge on any atom is -0.434 e. The molecule has 1 aromatic rings. The molecule has 0 unspecified atom stereocenters. The molecular weight excluding hydrogens is 270 g/mol. The zero-order valence-corrected chi connectivity index (χ0v) is 9.59. The number of alkyl halides is 2. The highest BCUT2D eigenvalue weighted by molar-refractivity contribution is 9.10. The Balaban J connectivity index is 2.88. The first-order valence-electron chi connectivity index (χ1n) is 4.22. The average Bonchev–Trinajstić information content (AvgIpc) is 2.19. The van der Waals surface area contributed by atoms with E-state index >= 15 is 0 Å². The maximum absolute atomic E-state index is 11.9. The van der Waals surface area contributed by atoms with Gasteiger partial charge in [0.2, 0.25) is 0 Å². The van der Waals surface area contributed by atoms with Gasteiger partial charge in [0.05, 0.1) is 11.1 Å². The third kappa shape index (κ3) is 3.43. The second-order valence-electron chi connectivity index (χ2n) is 2.96. The van der Waals surface area contributed by atoms with Crippen LogP contribution in [0.15, 0.2) is 22.7 Å². The first-order chi connectivity index (χ1) is 7.04. The molecule has 0 aromatic heterocycles. The third-order valence-electron chi connectivity index (χ3n) is 1.88. The topological polar surface area (TPSA) is 29.5 Å². The van der Waals surface area contributed by atoms with Crippen LogP contribution < -0.4 is 4.74 Å². The van der Waals surface area contributed by atoms with Gasteiger partial charge < -0.3 is 9.84 Å². The van der Waals surface area contributed by atoms with E-state index in [1.54, 1.807) is 19.1 Å². The monoisotopic (exact) mass is 279 g/mol. The number of hydrogen-bond acceptors (Lipinski definition) is 2. The second kappa shape index (κ2) is 5.42. The van der Waals surface area contributed by atoms with Gasteiger partial charge in [0.15, 0.2) is 0 Å². The van der Waals surface area contributed by atoms with E-state index in [-0.39, 0.29) is 12.4 Å². The summed E-state index contributed by atoms with van der Waals surface area (Å²) in [5, 5.41) is 8.89. The predicted octanol–water partition coefficient (Wildman–Crippen LogP) is 2.99. The highest BCUT2D eigenvalue weighted by atomic mass is 79.9. The van der Waals surface area contributed by atoms with E-state index in [0.717, 1.165) is 11.5 Å². The summed E-state index contributed by atoms with van der Waals surface area (Å²) in [6.07, 6.45) is 0. The molecular formula is C10H10BrF2O2. The van der Waals surface area contributed by atoms with E-state index in [0.29, 0.717) is 4.47 Å². The molecule has 15 heavy (non-hydrogen) atoms. The van der Waals surface area contributed by atoms with Crippen molar-refractivity contribution in [1.29, 1.82) is 0 Å². The summed E-state index contributed by atoms with van der Waals surface area (Å²) in [4.78, 5) is 0. The zero-order chi connectivity index (χ0) is 11.4. The van der Waals surface area contributed by atoms with Crippen LogP contribution in [0.4, 0.5) is 8.78 Å². The van der Waals surface area contributed by atoms with E-state index in [9.17, 15) is 8.78 Å². The summed E-state index contributed by atoms with van der Waals surface area (Å²) < 4.78 is 28.6. The van der Waals surface area contributed by atoms with Gasteiger partial charge in [-0.2, -0.15) is 8.78 Å². The lowest BCUT2D eigenvalue weighted by Gasteiger charge is -2.11. The van der Waals surface area contributed by atoms with Gasteiger partial charge in [-0.15, -0.1) is 0 Å². The Hall–Kier alpha value is -0.680. The summed E-state index contributed by atoms with van der Waals surface area (Å²) in [6, 6.07) is 4.68. The summed E-state index contributed by atoms with van der Waals surface area (Å²) in [6.45, 7) is -1.15. The van der Waals surface area contributed by atoms with E-state index in [1.165, 1.54) is 6.07 Å². The third-order valence-corrected chi connectivity index (χ3v) is 2.50. The molecule has 0 atom stereocenters. The average molecular weight is 280 g/mol. The molecule has 83 valence electrons. The molecule has 0 saturated carbocycles. The van der Waals surface area contributed by atoms with Gasteiger partial charge in [-0.05, 0) is 33.6 Å². The van der Waals surface area contributed by atoms with E-state index < -0.39 is 6.61 Å². The molecule has 0 saturated heterocycles. The maximum atomic E-state index is 11.9.